The van der Waals surface area contributed by atoms with Crippen molar-refractivity contribution in [1.82, 2.24) is 0 Å². The van der Waals surface area contributed by atoms with E-state index < -0.39 is 17.4 Å². The molecule has 0 unspecified atom stereocenters. The number of hydrogen-bond donors (Lipinski definition) is 0. The molecule has 0 atom stereocenters. The second kappa shape index (κ2) is 6.55. The Bertz CT molecular complexity index is 512. The molecular weight excluding hydrogens is 282 g/mol. The van der Waals surface area contributed by atoms with E-state index in [4.69, 9.17) is 0 Å². The lowest BCUT2D eigenvalue weighted by Crippen LogP contribution is -2.25. The fourth-order valence-corrected chi connectivity index (χ4v) is 4.52. The monoisotopic (exact) mass is 307 g/mol. The highest BCUT2D eigenvalue weighted by atomic mass is 19.2. The quantitative estimate of drug-likeness (QED) is 0.742. The summed E-state index contributed by atoms with van der Waals surface area (Å²) in [5.74, 6) is -0.420. The lowest BCUT2D eigenvalue weighted by atomic mass is 9.68. The van der Waals surface area contributed by atoms with E-state index in [9.17, 15) is 13.9 Å². The molecule has 0 bridgehead atoms. The normalized spacial score (nSPS) is 32.9. The predicted octanol–water partition coefficient (Wildman–Crippen LogP) is 5.14. The summed E-state index contributed by atoms with van der Waals surface area (Å²) in [5.41, 5.74) is 0.410. The molecule has 0 heterocycles. The summed E-state index contributed by atoms with van der Waals surface area (Å²) in [7, 11) is 0. The maximum absolute atomic E-state index is 14.0. The minimum Gasteiger partial charge on any atom is -0.870 e. The summed E-state index contributed by atoms with van der Waals surface area (Å²) < 4.78 is 27.4. The molecule has 2 aliphatic carbocycles. The number of benzene rings is 1. The maximum Gasteiger partial charge on any atom is 0.161 e. The Balaban J connectivity index is 1.61. The lowest BCUT2D eigenvalue weighted by molar-refractivity contribution is -0.273. The van der Waals surface area contributed by atoms with Crippen molar-refractivity contribution in [3.63, 3.8) is 0 Å². The van der Waals surface area contributed by atoms with E-state index in [-0.39, 0.29) is 5.92 Å². The van der Waals surface area contributed by atoms with Crippen molar-refractivity contribution >= 4 is 0 Å². The van der Waals surface area contributed by atoms with Crippen molar-refractivity contribution in [2.24, 2.45) is 17.8 Å². The Morgan fingerprint density at radius 2 is 1.36 bits per heavy atom. The number of rotatable bonds is 2. The molecule has 122 valence electrons. The van der Waals surface area contributed by atoms with Crippen LogP contribution in [-0.2, 0) is 0 Å². The first-order chi connectivity index (χ1) is 10.6. The van der Waals surface area contributed by atoms with Gasteiger partial charge in [-0.05, 0) is 67.8 Å². The van der Waals surface area contributed by atoms with Crippen molar-refractivity contribution < 1.29 is 13.9 Å². The van der Waals surface area contributed by atoms with Gasteiger partial charge in [0.05, 0.1) is 0 Å². The van der Waals surface area contributed by atoms with Gasteiger partial charge in [-0.25, -0.2) is 8.78 Å². The zero-order valence-electron chi connectivity index (χ0n) is 13.3. The van der Waals surface area contributed by atoms with Gasteiger partial charge in [-0.2, -0.15) is 0 Å². The van der Waals surface area contributed by atoms with Gasteiger partial charge in [0.15, 0.2) is 11.6 Å². The van der Waals surface area contributed by atoms with E-state index in [1.54, 1.807) is 0 Å². The van der Waals surface area contributed by atoms with E-state index in [1.807, 2.05) is 0 Å². The molecule has 0 amide bonds. The molecule has 0 spiro atoms. The largest absolute Gasteiger partial charge is 0.870 e. The predicted molar refractivity (Wildman–Crippen MR) is 81.6 cm³/mol. The van der Waals surface area contributed by atoms with Gasteiger partial charge < -0.3 is 5.11 Å². The van der Waals surface area contributed by atoms with Gasteiger partial charge in [0, 0.05) is 0 Å². The average molecular weight is 307 g/mol. The van der Waals surface area contributed by atoms with Crippen molar-refractivity contribution in [3.8, 4) is 5.75 Å². The van der Waals surface area contributed by atoms with E-state index >= 15 is 0 Å². The van der Waals surface area contributed by atoms with E-state index in [0.29, 0.717) is 5.56 Å². The first-order valence-corrected chi connectivity index (χ1v) is 8.71. The maximum atomic E-state index is 14.0. The van der Waals surface area contributed by atoms with Crippen LogP contribution in [-0.4, -0.2) is 0 Å². The molecule has 0 aromatic heterocycles. The topological polar surface area (TPSA) is 23.1 Å². The summed E-state index contributed by atoms with van der Waals surface area (Å²) >= 11 is 0. The van der Waals surface area contributed by atoms with Crippen LogP contribution >= 0.6 is 0 Å². The highest BCUT2D eigenvalue weighted by Gasteiger charge is 2.31. The third-order valence-corrected chi connectivity index (χ3v) is 6.02. The van der Waals surface area contributed by atoms with Gasteiger partial charge >= 0.3 is 0 Å². The summed E-state index contributed by atoms with van der Waals surface area (Å²) in [6.45, 7) is 2.34. The summed E-state index contributed by atoms with van der Waals surface area (Å²) in [4.78, 5) is 0. The summed E-state index contributed by atoms with van der Waals surface area (Å²) in [5, 5.41) is 11.1. The molecule has 0 N–H and O–H groups in total. The van der Waals surface area contributed by atoms with Crippen LogP contribution < -0.4 is 5.11 Å². The van der Waals surface area contributed by atoms with Crippen molar-refractivity contribution in [1.29, 1.82) is 0 Å². The van der Waals surface area contributed by atoms with Crippen LogP contribution in [0.15, 0.2) is 12.1 Å². The first-order valence-electron chi connectivity index (χ1n) is 8.71. The van der Waals surface area contributed by atoms with Crippen LogP contribution in [0.3, 0.4) is 0 Å². The third-order valence-electron chi connectivity index (χ3n) is 6.02. The van der Waals surface area contributed by atoms with Gasteiger partial charge in [0.25, 0.3) is 0 Å². The van der Waals surface area contributed by atoms with E-state index in [1.165, 1.54) is 37.8 Å². The van der Waals surface area contributed by atoms with Crippen molar-refractivity contribution in [3.05, 3.63) is 29.3 Å². The molecule has 0 saturated heterocycles. The number of hydrogen-bond acceptors (Lipinski definition) is 1. The molecule has 1 aromatic carbocycles. The van der Waals surface area contributed by atoms with Crippen LogP contribution in [0.5, 0.6) is 5.75 Å². The van der Waals surface area contributed by atoms with Gasteiger partial charge in [0.1, 0.15) is 0 Å². The first kappa shape index (κ1) is 15.8. The zero-order chi connectivity index (χ0) is 15.7. The summed E-state index contributed by atoms with van der Waals surface area (Å²) in [6, 6.07) is 2.66. The van der Waals surface area contributed by atoms with Gasteiger partial charge in [0.2, 0.25) is 0 Å². The molecule has 3 rings (SSSR count). The SMILES string of the molecule is CC1CCC(C2CCC(c3ccc([O-])c(F)c3F)CC2)CC1. The van der Waals surface area contributed by atoms with Crippen LogP contribution in [0.4, 0.5) is 8.78 Å². The van der Waals surface area contributed by atoms with Crippen LogP contribution in [0.1, 0.15) is 69.8 Å². The van der Waals surface area contributed by atoms with E-state index in [2.05, 4.69) is 6.92 Å². The Morgan fingerprint density at radius 1 is 0.818 bits per heavy atom. The summed E-state index contributed by atoms with van der Waals surface area (Å²) in [6.07, 6.45) is 9.43. The smallest absolute Gasteiger partial charge is 0.161 e. The molecular formula is C19H25F2O-. The molecule has 2 fully saturated rings. The van der Waals surface area contributed by atoms with Crippen LogP contribution in [0.25, 0.3) is 0 Å². The molecule has 1 nitrogen and oxygen atoms in total. The average Bonchev–Trinajstić information content (AvgIpc) is 2.54. The van der Waals surface area contributed by atoms with Gasteiger partial charge in [-0.1, -0.05) is 37.6 Å². The second-order valence-corrected chi connectivity index (χ2v) is 7.41. The molecule has 2 aliphatic rings. The minimum absolute atomic E-state index is 0.0777. The molecule has 3 heteroatoms. The Labute approximate surface area is 131 Å². The Kier molecular flexibility index (Phi) is 4.70. The number of halogens is 2. The minimum atomic E-state index is -1.21. The molecule has 2 saturated carbocycles. The molecule has 1 aromatic rings. The van der Waals surface area contributed by atoms with Gasteiger partial charge in [-0.15, -0.1) is 0 Å². The lowest BCUT2D eigenvalue weighted by Gasteiger charge is -2.37. The third kappa shape index (κ3) is 3.13. The molecule has 0 radical (unpaired) electrons. The van der Waals surface area contributed by atoms with Crippen molar-refractivity contribution in [2.75, 3.05) is 0 Å². The highest BCUT2D eigenvalue weighted by Crippen LogP contribution is 2.44. The second-order valence-electron chi connectivity index (χ2n) is 7.41. The highest BCUT2D eigenvalue weighted by molar-refractivity contribution is 5.31. The fourth-order valence-electron chi connectivity index (χ4n) is 4.52. The van der Waals surface area contributed by atoms with Gasteiger partial charge in [-0.3, -0.25) is 0 Å². The van der Waals surface area contributed by atoms with Crippen LogP contribution in [0, 0.1) is 29.4 Å². The van der Waals surface area contributed by atoms with E-state index in [0.717, 1.165) is 43.4 Å². The van der Waals surface area contributed by atoms with Crippen molar-refractivity contribution in [2.45, 2.75) is 64.2 Å². The van der Waals surface area contributed by atoms with Crippen LogP contribution in [0.2, 0.25) is 0 Å². The fraction of sp³-hybridized carbons (Fsp3) is 0.684. The Hall–Kier alpha value is -1.12. The molecule has 0 aliphatic heterocycles. The standard InChI is InChI=1S/C19H26F2O/c1-12-2-4-13(5-3-12)14-6-8-15(9-7-14)16-10-11-17(22)19(21)18(16)20/h10-15,22H,2-9H2,1H3/p-1. The Morgan fingerprint density at radius 3 is 1.95 bits per heavy atom. The molecule has 22 heavy (non-hydrogen) atoms. The zero-order valence-corrected chi connectivity index (χ0v) is 13.3.